The van der Waals surface area contributed by atoms with Crippen molar-refractivity contribution in [2.75, 3.05) is 52.4 Å². The van der Waals surface area contributed by atoms with Crippen molar-refractivity contribution in [3.05, 3.63) is 0 Å². The van der Waals surface area contributed by atoms with Gasteiger partial charge in [0, 0.05) is 0 Å². The summed E-state index contributed by atoms with van der Waals surface area (Å²) in [6.07, 6.45) is 19.8. The van der Waals surface area contributed by atoms with E-state index in [1.165, 1.54) is 106 Å². The molecular formula is C23H44N2+2. The number of hydrogen-bond donors (Lipinski definition) is 0. The molecule has 0 unspecified atom stereocenters. The summed E-state index contributed by atoms with van der Waals surface area (Å²) >= 11 is 0. The van der Waals surface area contributed by atoms with Gasteiger partial charge in [-0.25, -0.2) is 0 Å². The van der Waals surface area contributed by atoms with E-state index in [2.05, 4.69) is 0 Å². The minimum absolute atomic E-state index is 1.11. The van der Waals surface area contributed by atoms with Crippen LogP contribution in [0.3, 0.4) is 0 Å². The topological polar surface area (TPSA) is 0 Å². The number of hydrogen-bond acceptors (Lipinski definition) is 0. The predicted molar refractivity (Wildman–Crippen MR) is 106 cm³/mol. The lowest BCUT2D eigenvalue weighted by Gasteiger charge is -2.49. The van der Waals surface area contributed by atoms with Crippen molar-refractivity contribution in [1.82, 2.24) is 0 Å². The molecule has 0 aromatic rings. The lowest BCUT2D eigenvalue weighted by Crippen LogP contribution is -2.58. The van der Waals surface area contributed by atoms with E-state index < -0.39 is 0 Å². The fourth-order valence-electron chi connectivity index (χ4n) is 6.72. The Balaban J connectivity index is 1.00. The number of fused-ring (bicyclic) bond motifs is 6. The van der Waals surface area contributed by atoms with Crippen molar-refractivity contribution in [3.8, 4) is 0 Å². The highest BCUT2D eigenvalue weighted by atomic mass is 15.4. The normalized spacial score (nSPS) is 39.8. The van der Waals surface area contributed by atoms with Gasteiger partial charge in [0.15, 0.2) is 0 Å². The van der Waals surface area contributed by atoms with Gasteiger partial charge in [-0.05, 0) is 76.0 Å². The third-order valence-corrected chi connectivity index (χ3v) is 8.84. The molecule has 0 amide bonds. The van der Waals surface area contributed by atoms with Crippen molar-refractivity contribution in [1.29, 1.82) is 0 Å². The number of quaternary nitrogens is 2. The highest BCUT2D eigenvalue weighted by Crippen LogP contribution is 2.35. The van der Waals surface area contributed by atoms with E-state index in [0.717, 1.165) is 11.8 Å². The summed E-state index contributed by atoms with van der Waals surface area (Å²) in [4.78, 5) is 0. The molecule has 6 fully saturated rings. The summed E-state index contributed by atoms with van der Waals surface area (Å²) in [7, 11) is 0. The Bertz CT molecular complexity index is 337. The molecule has 4 bridgehead atoms. The number of piperidine rings is 6. The summed E-state index contributed by atoms with van der Waals surface area (Å²) in [6, 6.07) is 0. The van der Waals surface area contributed by atoms with Crippen molar-refractivity contribution in [2.24, 2.45) is 11.8 Å². The first kappa shape index (κ1) is 18.3. The summed E-state index contributed by atoms with van der Waals surface area (Å²) in [6.45, 7) is 12.1. The monoisotopic (exact) mass is 348 g/mol. The van der Waals surface area contributed by atoms with E-state index in [4.69, 9.17) is 0 Å². The summed E-state index contributed by atoms with van der Waals surface area (Å²) in [5.74, 6) is 2.23. The maximum absolute atomic E-state index is 1.54. The van der Waals surface area contributed by atoms with Crippen LogP contribution in [0.5, 0.6) is 0 Å². The van der Waals surface area contributed by atoms with Gasteiger partial charge < -0.3 is 8.97 Å². The molecule has 6 saturated heterocycles. The number of unbranched alkanes of at least 4 members (excludes halogenated alkanes) is 6. The van der Waals surface area contributed by atoms with Gasteiger partial charge in [-0.2, -0.15) is 0 Å². The fraction of sp³-hybridized carbons (Fsp3) is 1.00. The first-order chi connectivity index (χ1) is 12.3. The number of rotatable bonds is 10. The average Bonchev–Trinajstić information content (AvgIpc) is 2.69. The van der Waals surface area contributed by atoms with Crippen molar-refractivity contribution >= 4 is 0 Å². The van der Waals surface area contributed by atoms with Crippen LogP contribution in [-0.4, -0.2) is 61.3 Å². The molecule has 2 heteroatoms. The van der Waals surface area contributed by atoms with E-state index in [9.17, 15) is 0 Å². The Morgan fingerprint density at radius 1 is 0.400 bits per heavy atom. The minimum atomic E-state index is 1.11. The van der Waals surface area contributed by atoms with E-state index in [0.29, 0.717) is 0 Å². The molecule has 0 aliphatic carbocycles. The van der Waals surface area contributed by atoms with Crippen LogP contribution in [0.4, 0.5) is 0 Å². The quantitative estimate of drug-likeness (QED) is 0.386. The molecule has 6 rings (SSSR count). The zero-order chi connectivity index (χ0) is 17.0. The molecule has 6 heterocycles. The second-order valence-corrected chi connectivity index (χ2v) is 10.4. The van der Waals surface area contributed by atoms with Gasteiger partial charge >= 0.3 is 0 Å². The third-order valence-electron chi connectivity index (χ3n) is 8.84. The average molecular weight is 349 g/mol. The zero-order valence-electron chi connectivity index (χ0n) is 16.9. The molecule has 25 heavy (non-hydrogen) atoms. The first-order valence-corrected chi connectivity index (χ1v) is 12.0. The Hall–Kier alpha value is -0.0800. The summed E-state index contributed by atoms with van der Waals surface area (Å²) < 4.78 is 3.02. The largest absolute Gasteiger partial charge is 0.324 e. The minimum Gasteiger partial charge on any atom is -0.324 e. The second-order valence-electron chi connectivity index (χ2n) is 10.4. The van der Waals surface area contributed by atoms with Crippen molar-refractivity contribution in [2.45, 2.75) is 83.5 Å². The molecule has 0 spiro atoms. The van der Waals surface area contributed by atoms with Crippen LogP contribution in [0.15, 0.2) is 0 Å². The first-order valence-electron chi connectivity index (χ1n) is 12.0. The standard InChI is InChI=1S/C23H44N2/c1(2-4-6-14-24-16-8-22(9-17-24)10-18-24)3-5-7-15-25-19-11-23(12-20-25)13-21-25/h22-23H,1-21H2/q+2. The smallest absolute Gasteiger partial charge is 0.0789 e. The van der Waals surface area contributed by atoms with Crippen molar-refractivity contribution < 1.29 is 8.97 Å². The molecule has 6 aliphatic rings. The molecular weight excluding hydrogens is 304 g/mol. The molecule has 2 nitrogen and oxygen atoms in total. The third kappa shape index (κ3) is 4.61. The Morgan fingerprint density at radius 2 is 0.680 bits per heavy atom. The Labute approximate surface area is 157 Å². The van der Waals surface area contributed by atoms with Gasteiger partial charge in [-0.15, -0.1) is 0 Å². The molecule has 6 aliphatic heterocycles. The van der Waals surface area contributed by atoms with Crippen LogP contribution in [0.2, 0.25) is 0 Å². The van der Waals surface area contributed by atoms with Crippen LogP contribution in [-0.2, 0) is 0 Å². The van der Waals surface area contributed by atoms with Gasteiger partial charge in [0.1, 0.15) is 0 Å². The Morgan fingerprint density at radius 3 is 1.00 bits per heavy atom. The van der Waals surface area contributed by atoms with Crippen LogP contribution in [0.25, 0.3) is 0 Å². The van der Waals surface area contributed by atoms with Crippen LogP contribution in [0.1, 0.15) is 83.5 Å². The lowest BCUT2D eigenvalue weighted by molar-refractivity contribution is -0.942. The second kappa shape index (κ2) is 8.30. The van der Waals surface area contributed by atoms with E-state index in [1.54, 1.807) is 38.5 Å². The van der Waals surface area contributed by atoms with Gasteiger partial charge in [0.05, 0.1) is 52.4 Å². The summed E-state index contributed by atoms with van der Waals surface area (Å²) in [5, 5.41) is 0. The molecule has 0 atom stereocenters. The molecule has 0 saturated carbocycles. The van der Waals surface area contributed by atoms with Gasteiger partial charge in [0.2, 0.25) is 0 Å². The molecule has 0 aromatic carbocycles. The molecule has 144 valence electrons. The Kier molecular flexibility index (Phi) is 6.07. The van der Waals surface area contributed by atoms with Gasteiger partial charge in [-0.3, -0.25) is 0 Å². The lowest BCUT2D eigenvalue weighted by atomic mass is 9.85. The van der Waals surface area contributed by atoms with E-state index in [-0.39, 0.29) is 0 Å². The maximum Gasteiger partial charge on any atom is 0.0789 e. The molecule has 0 aromatic heterocycles. The zero-order valence-corrected chi connectivity index (χ0v) is 16.9. The van der Waals surface area contributed by atoms with Crippen LogP contribution in [0, 0.1) is 11.8 Å². The highest BCUT2D eigenvalue weighted by Gasteiger charge is 2.39. The maximum atomic E-state index is 1.54. The van der Waals surface area contributed by atoms with E-state index in [1.807, 2.05) is 0 Å². The highest BCUT2D eigenvalue weighted by molar-refractivity contribution is 4.72. The van der Waals surface area contributed by atoms with Crippen LogP contribution < -0.4 is 0 Å². The van der Waals surface area contributed by atoms with Crippen molar-refractivity contribution in [3.63, 3.8) is 0 Å². The SMILES string of the molecule is C(CCCC[N+]12CCC(CC1)CC2)CCCC[N+]12CCC(CC1)CC2. The summed E-state index contributed by atoms with van der Waals surface area (Å²) in [5.41, 5.74) is 0. The molecule has 0 N–H and O–H groups in total. The van der Waals surface area contributed by atoms with Gasteiger partial charge in [0.25, 0.3) is 0 Å². The fourth-order valence-corrected chi connectivity index (χ4v) is 6.72. The van der Waals surface area contributed by atoms with E-state index >= 15 is 0 Å². The number of nitrogens with zero attached hydrogens (tertiary/aromatic N) is 2. The molecule has 0 radical (unpaired) electrons. The van der Waals surface area contributed by atoms with Crippen LogP contribution >= 0.6 is 0 Å². The van der Waals surface area contributed by atoms with Gasteiger partial charge in [-0.1, -0.05) is 19.3 Å². The predicted octanol–water partition coefficient (Wildman–Crippen LogP) is 4.98.